The molecule has 0 heterocycles. The predicted molar refractivity (Wildman–Crippen MR) is 139 cm³/mol. The molecule has 0 unspecified atom stereocenters. The third kappa shape index (κ3) is 6.70. The number of nitrogens with zero attached hydrogens (tertiary/aromatic N) is 1. The number of rotatable bonds is 7. The van der Waals surface area contributed by atoms with Crippen LogP contribution in [-0.2, 0) is 5.41 Å². The van der Waals surface area contributed by atoms with Gasteiger partial charge in [0.25, 0.3) is 5.91 Å². The molecule has 7 nitrogen and oxygen atoms in total. The van der Waals surface area contributed by atoms with Gasteiger partial charge >= 0.3 is 5.97 Å². The van der Waals surface area contributed by atoms with Crippen molar-refractivity contribution in [1.82, 2.24) is 5.43 Å². The number of benzene rings is 3. The lowest BCUT2D eigenvalue weighted by molar-refractivity contribution is 0.0733. The van der Waals surface area contributed by atoms with Crippen molar-refractivity contribution in [1.29, 1.82) is 0 Å². The number of nitrogens with one attached hydrogen (secondary N) is 1. The Kier molecular flexibility index (Phi) is 8.30. The molecule has 8 heteroatoms. The molecule has 0 aliphatic rings. The van der Waals surface area contributed by atoms with Crippen molar-refractivity contribution in [3.63, 3.8) is 0 Å². The van der Waals surface area contributed by atoms with Crippen molar-refractivity contribution in [3.05, 3.63) is 87.4 Å². The van der Waals surface area contributed by atoms with Crippen LogP contribution in [0, 0.1) is 0 Å². The molecule has 1 amide bonds. The number of amides is 1. The number of methoxy groups -OCH3 is 2. The summed E-state index contributed by atoms with van der Waals surface area (Å²) in [6.45, 7) is 6.33. The van der Waals surface area contributed by atoms with Gasteiger partial charge in [0.15, 0.2) is 11.5 Å². The first-order valence-electron chi connectivity index (χ1n) is 10.8. The van der Waals surface area contributed by atoms with E-state index in [1.165, 1.54) is 20.4 Å². The molecule has 3 aromatic carbocycles. The van der Waals surface area contributed by atoms with Crippen LogP contribution in [0.25, 0.3) is 0 Å². The van der Waals surface area contributed by atoms with E-state index >= 15 is 0 Å². The van der Waals surface area contributed by atoms with Crippen molar-refractivity contribution in [3.8, 4) is 17.2 Å². The van der Waals surface area contributed by atoms with E-state index in [2.05, 4.69) is 47.2 Å². The Labute approximate surface area is 213 Å². The van der Waals surface area contributed by atoms with Gasteiger partial charge in [-0.1, -0.05) is 48.8 Å². The number of carbonyl (C=O) groups is 2. The first kappa shape index (κ1) is 26.0. The summed E-state index contributed by atoms with van der Waals surface area (Å²) in [6.07, 6.45) is 1.42. The maximum absolute atomic E-state index is 12.7. The molecule has 0 saturated heterocycles. The zero-order valence-corrected chi connectivity index (χ0v) is 21.8. The maximum atomic E-state index is 12.7. The highest BCUT2D eigenvalue weighted by Crippen LogP contribution is 2.29. The SMILES string of the molecule is COc1ccc(C(=O)Oc2ccc(Br)cc2/C=N\NC(=O)c2ccc(C(C)(C)C)cc2)cc1OC. The largest absolute Gasteiger partial charge is 0.493 e. The monoisotopic (exact) mass is 538 g/mol. The second-order valence-electron chi connectivity index (χ2n) is 8.67. The molecule has 0 aliphatic carbocycles. The van der Waals surface area contributed by atoms with Crippen LogP contribution >= 0.6 is 15.9 Å². The van der Waals surface area contributed by atoms with Crippen molar-refractivity contribution in [2.45, 2.75) is 26.2 Å². The van der Waals surface area contributed by atoms with Crippen LogP contribution in [0.5, 0.6) is 17.2 Å². The smallest absolute Gasteiger partial charge is 0.343 e. The van der Waals surface area contributed by atoms with E-state index in [4.69, 9.17) is 14.2 Å². The van der Waals surface area contributed by atoms with E-state index in [0.717, 1.165) is 10.0 Å². The molecule has 0 spiro atoms. The zero-order valence-electron chi connectivity index (χ0n) is 20.2. The van der Waals surface area contributed by atoms with Gasteiger partial charge in [-0.25, -0.2) is 10.2 Å². The van der Waals surface area contributed by atoms with Gasteiger partial charge < -0.3 is 14.2 Å². The fourth-order valence-electron chi connectivity index (χ4n) is 3.18. The predicted octanol–water partition coefficient (Wildman–Crippen LogP) is 5.75. The van der Waals surface area contributed by atoms with Crippen molar-refractivity contribution in [2.24, 2.45) is 5.10 Å². The molecule has 0 saturated carbocycles. The fraction of sp³-hybridized carbons (Fsp3) is 0.222. The van der Waals surface area contributed by atoms with Crippen molar-refractivity contribution < 1.29 is 23.8 Å². The first-order valence-corrected chi connectivity index (χ1v) is 11.6. The lowest BCUT2D eigenvalue weighted by Crippen LogP contribution is -2.18. The van der Waals surface area contributed by atoms with E-state index in [1.54, 1.807) is 48.5 Å². The number of hydrogen-bond donors (Lipinski definition) is 1. The lowest BCUT2D eigenvalue weighted by atomic mass is 9.87. The zero-order chi connectivity index (χ0) is 25.6. The Hall–Kier alpha value is -3.65. The summed E-state index contributed by atoms with van der Waals surface area (Å²) in [6, 6.07) is 17.2. The number of hydrazone groups is 1. The standard InChI is InChI=1S/C27H27BrN2O5/c1-27(2,3)20-9-6-17(7-10-20)25(31)30-29-16-19-14-21(28)11-13-22(19)35-26(32)18-8-12-23(33-4)24(15-18)34-5/h6-16H,1-5H3,(H,30,31)/b29-16-. The molecule has 35 heavy (non-hydrogen) atoms. The summed E-state index contributed by atoms with van der Waals surface area (Å²) in [5, 5.41) is 4.05. The van der Waals surface area contributed by atoms with E-state index in [-0.39, 0.29) is 17.1 Å². The normalized spacial score (nSPS) is 11.3. The molecular weight excluding hydrogens is 512 g/mol. The molecule has 0 radical (unpaired) electrons. The van der Waals surface area contributed by atoms with Crippen molar-refractivity contribution >= 4 is 34.0 Å². The van der Waals surface area contributed by atoms with Gasteiger partial charge in [0.2, 0.25) is 0 Å². The van der Waals surface area contributed by atoms with Gasteiger partial charge in [-0.05, 0) is 59.5 Å². The van der Waals surface area contributed by atoms with E-state index < -0.39 is 5.97 Å². The van der Waals surface area contributed by atoms with Gasteiger partial charge in [0.1, 0.15) is 5.75 Å². The minimum absolute atomic E-state index is 0.00135. The van der Waals surface area contributed by atoms with E-state index in [0.29, 0.717) is 28.2 Å². The van der Waals surface area contributed by atoms with Crippen LogP contribution in [0.3, 0.4) is 0 Å². The third-order valence-corrected chi connectivity index (χ3v) is 5.67. The summed E-state index contributed by atoms with van der Waals surface area (Å²) in [5.74, 6) is 0.272. The van der Waals surface area contributed by atoms with Gasteiger partial charge in [-0.15, -0.1) is 0 Å². The molecule has 0 aromatic heterocycles. The average molecular weight is 539 g/mol. The quantitative estimate of drug-likeness (QED) is 0.179. The summed E-state index contributed by atoms with van der Waals surface area (Å²) >= 11 is 3.40. The Balaban J connectivity index is 1.74. The van der Waals surface area contributed by atoms with Crippen LogP contribution in [0.15, 0.2) is 70.2 Å². The number of esters is 1. The Bertz CT molecular complexity index is 1250. The second-order valence-corrected chi connectivity index (χ2v) is 9.58. The Morgan fingerprint density at radius 2 is 1.49 bits per heavy atom. The van der Waals surface area contributed by atoms with Gasteiger partial charge in [-0.3, -0.25) is 4.79 Å². The summed E-state index contributed by atoms with van der Waals surface area (Å²) in [7, 11) is 3.01. The van der Waals surface area contributed by atoms with Gasteiger partial charge in [0, 0.05) is 15.6 Å². The number of halogens is 1. The number of carbonyl (C=O) groups excluding carboxylic acids is 2. The minimum Gasteiger partial charge on any atom is -0.493 e. The molecule has 0 atom stereocenters. The third-order valence-electron chi connectivity index (χ3n) is 5.18. The summed E-state index contributed by atoms with van der Waals surface area (Å²) in [5.41, 5.74) is 4.92. The van der Waals surface area contributed by atoms with Crippen LogP contribution in [0.2, 0.25) is 0 Å². The van der Waals surface area contributed by atoms with E-state index in [9.17, 15) is 9.59 Å². The van der Waals surface area contributed by atoms with Gasteiger partial charge in [-0.2, -0.15) is 5.10 Å². The van der Waals surface area contributed by atoms with Crippen LogP contribution < -0.4 is 19.6 Å². The molecule has 3 aromatic rings. The summed E-state index contributed by atoms with van der Waals surface area (Å²) in [4.78, 5) is 25.2. The molecule has 3 rings (SSSR count). The molecule has 0 fully saturated rings. The topological polar surface area (TPSA) is 86.2 Å². The number of ether oxygens (including phenoxy) is 3. The summed E-state index contributed by atoms with van der Waals surface area (Å²) < 4.78 is 16.8. The van der Waals surface area contributed by atoms with E-state index in [1.807, 2.05) is 12.1 Å². The van der Waals surface area contributed by atoms with Crippen LogP contribution in [-0.4, -0.2) is 32.3 Å². The van der Waals surface area contributed by atoms with Crippen LogP contribution in [0.1, 0.15) is 52.6 Å². The maximum Gasteiger partial charge on any atom is 0.343 e. The molecule has 1 N–H and O–H groups in total. The highest BCUT2D eigenvalue weighted by Gasteiger charge is 2.16. The number of hydrogen-bond acceptors (Lipinski definition) is 6. The Morgan fingerprint density at radius 1 is 0.857 bits per heavy atom. The lowest BCUT2D eigenvalue weighted by Gasteiger charge is -2.18. The fourth-order valence-corrected chi connectivity index (χ4v) is 3.56. The molecule has 0 bridgehead atoms. The van der Waals surface area contributed by atoms with Gasteiger partial charge in [0.05, 0.1) is 26.0 Å². The highest BCUT2D eigenvalue weighted by atomic mass is 79.9. The molecule has 0 aliphatic heterocycles. The average Bonchev–Trinajstić information content (AvgIpc) is 2.84. The molecular formula is C27H27BrN2O5. The minimum atomic E-state index is -0.578. The van der Waals surface area contributed by atoms with Crippen LogP contribution in [0.4, 0.5) is 0 Å². The Morgan fingerprint density at radius 3 is 2.11 bits per heavy atom. The second kappa shape index (κ2) is 11.2. The highest BCUT2D eigenvalue weighted by molar-refractivity contribution is 9.10. The molecule has 182 valence electrons. The van der Waals surface area contributed by atoms with Crippen molar-refractivity contribution in [2.75, 3.05) is 14.2 Å². The first-order chi connectivity index (χ1) is 16.6.